The van der Waals surface area contributed by atoms with E-state index in [4.69, 9.17) is 0 Å². The van der Waals surface area contributed by atoms with E-state index in [0.717, 1.165) is 0 Å². The van der Waals surface area contributed by atoms with Crippen LogP contribution in [0.4, 0.5) is 0 Å². The van der Waals surface area contributed by atoms with Crippen molar-refractivity contribution in [2.75, 3.05) is 12.0 Å². The van der Waals surface area contributed by atoms with Gasteiger partial charge >= 0.3 is 5.97 Å². The van der Waals surface area contributed by atoms with Crippen LogP contribution in [-0.4, -0.2) is 51.5 Å². The van der Waals surface area contributed by atoms with Crippen molar-refractivity contribution in [3.05, 3.63) is 35.5 Å². The van der Waals surface area contributed by atoms with E-state index in [1.807, 2.05) is 20.1 Å². The number of aliphatic carboxylic acids is 1. The van der Waals surface area contributed by atoms with Gasteiger partial charge in [-0.2, -0.15) is 11.8 Å². The van der Waals surface area contributed by atoms with E-state index in [9.17, 15) is 24.6 Å². The van der Waals surface area contributed by atoms with Crippen molar-refractivity contribution in [3.8, 4) is 0 Å². The lowest BCUT2D eigenvalue weighted by Crippen LogP contribution is -2.48. The molecule has 0 aliphatic heterocycles. The fraction of sp³-hybridized carbons (Fsp3) is 0.550. The number of carbonyl (C=O) groups excluding carboxylic acids is 2. The Kier molecular flexibility index (Phi) is 8.04. The van der Waals surface area contributed by atoms with E-state index in [1.54, 1.807) is 26.0 Å². The third-order valence-electron chi connectivity index (χ3n) is 4.80. The van der Waals surface area contributed by atoms with Crippen molar-refractivity contribution in [1.29, 1.82) is 0 Å². The zero-order chi connectivity index (χ0) is 20.8. The standard InChI is InChI=1S/C20H29NO5S/c1-13(10-17(23)21-16(18(24)25)7-9-27-5)6-8-20(26)14(2)11-15(22)12-19(20,3)4/h6,8,10-11,16,26H,7,9,12H2,1-5H3,(H,21,23)(H,24,25)/b8-6+,13-10-/t16-,20+/m0/s1. The minimum Gasteiger partial charge on any atom is -0.480 e. The molecule has 27 heavy (non-hydrogen) atoms. The highest BCUT2D eigenvalue weighted by Gasteiger charge is 2.46. The summed E-state index contributed by atoms with van der Waals surface area (Å²) >= 11 is 1.51. The zero-order valence-electron chi connectivity index (χ0n) is 16.5. The number of ketones is 1. The molecule has 1 aliphatic rings. The van der Waals surface area contributed by atoms with Crippen molar-refractivity contribution in [2.45, 2.75) is 52.2 Å². The zero-order valence-corrected chi connectivity index (χ0v) is 17.4. The van der Waals surface area contributed by atoms with Gasteiger partial charge in [-0.3, -0.25) is 9.59 Å². The Morgan fingerprint density at radius 2 is 2.04 bits per heavy atom. The molecule has 6 nitrogen and oxygen atoms in total. The highest BCUT2D eigenvalue weighted by Crippen LogP contribution is 2.44. The van der Waals surface area contributed by atoms with E-state index in [-0.39, 0.29) is 12.2 Å². The predicted molar refractivity (Wildman–Crippen MR) is 108 cm³/mol. The lowest BCUT2D eigenvalue weighted by atomic mass is 9.64. The normalized spacial score (nSPS) is 23.9. The van der Waals surface area contributed by atoms with Gasteiger partial charge in [-0.05, 0) is 55.6 Å². The number of hydrogen-bond donors (Lipinski definition) is 3. The summed E-state index contributed by atoms with van der Waals surface area (Å²) in [5.74, 6) is -0.954. The number of carbonyl (C=O) groups is 3. The molecule has 0 saturated carbocycles. The fourth-order valence-corrected chi connectivity index (χ4v) is 3.55. The molecule has 1 amide bonds. The van der Waals surface area contributed by atoms with E-state index in [0.29, 0.717) is 23.3 Å². The van der Waals surface area contributed by atoms with Crippen LogP contribution >= 0.6 is 11.8 Å². The molecule has 150 valence electrons. The van der Waals surface area contributed by atoms with Gasteiger partial charge in [0.25, 0.3) is 0 Å². The predicted octanol–water partition coefficient (Wildman–Crippen LogP) is 2.49. The number of nitrogens with one attached hydrogen (secondary N) is 1. The van der Waals surface area contributed by atoms with Gasteiger partial charge in [0.05, 0.1) is 0 Å². The molecule has 0 spiro atoms. The maximum atomic E-state index is 12.1. The summed E-state index contributed by atoms with van der Waals surface area (Å²) in [5.41, 5.74) is -0.849. The molecule has 1 rings (SSSR count). The molecule has 0 aromatic heterocycles. The van der Waals surface area contributed by atoms with Crippen molar-refractivity contribution in [3.63, 3.8) is 0 Å². The number of thioether (sulfide) groups is 1. The lowest BCUT2D eigenvalue weighted by Gasteiger charge is -2.44. The molecule has 7 heteroatoms. The number of allylic oxidation sites excluding steroid dienone is 3. The van der Waals surface area contributed by atoms with Crippen LogP contribution in [0.5, 0.6) is 0 Å². The van der Waals surface area contributed by atoms with Gasteiger partial charge in [0, 0.05) is 17.9 Å². The number of hydrogen-bond acceptors (Lipinski definition) is 5. The first kappa shape index (κ1) is 23.2. The molecule has 1 aliphatic carbocycles. The van der Waals surface area contributed by atoms with Crippen LogP contribution in [0.3, 0.4) is 0 Å². The molecule has 0 unspecified atom stereocenters. The molecule has 2 atom stereocenters. The number of rotatable bonds is 8. The summed E-state index contributed by atoms with van der Waals surface area (Å²) in [4.78, 5) is 35.1. The minimum absolute atomic E-state index is 0.0211. The van der Waals surface area contributed by atoms with Gasteiger partial charge < -0.3 is 15.5 Å². The molecule has 0 bridgehead atoms. The molecule has 0 fully saturated rings. The second-order valence-corrected chi connectivity index (χ2v) is 8.51. The summed E-state index contributed by atoms with van der Waals surface area (Å²) in [6.45, 7) is 7.04. The largest absolute Gasteiger partial charge is 0.480 e. The monoisotopic (exact) mass is 395 g/mol. The summed E-state index contributed by atoms with van der Waals surface area (Å²) < 4.78 is 0. The number of carboxylic acid groups (broad SMARTS) is 1. The van der Waals surface area contributed by atoms with Crippen LogP contribution < -0.4 is 5.32 Å². The first-order valence-corrected chi connectivity index (χ1v) is 10.2. The Hall–Kier alpha value is -1.86. The highest BCUT2D eigenvalue weighted by molar-refractivity contribution is 7.98. The second kappa shape index (κ2) is 9.37. The number of aliphatic hydroxyl groups is 1. The van der Waals surface area contributed by atoms with Crippen LogP contribution in [0.15, 0.2) is 35.5 Å². The van der Waals surface area contributed by atoms with E-state index >= 15 is 0 Å². The van der Waals surface area contributed by atoms with Gasteiger partial charge in [-0.25, -0.2) is 4.79 Å². The highest BCUT2D eigenvalue weighted by atomic mass is 32.2. The van der Waals surface area contributed by atoms with Gasteiger partial charge in [-0.1, -0.05) is 19.9 Å². The molecule has 0 heterocycles. The lowest BCUT2D eigenvalue weighted by molar-refractivity contribution is -0.141. The first-order chi connectivity index (χ1) is 12.4. The van der Waals surface area contributed by atoms with Gasteiger partial charge in [0.2, 0.25) is 5.91 Å². The quantitative estimate of drug-likeness (QED) is 0.431. The Bertz CT molecular complexity index is 692. The average Bonchev–Trinajstić information content (AvgIpc) is 2.54. The molecule has 3 N–H and O–H groups in total. The Morgan fingerprint density at radius 1 is 1.41 bits per heavy atom. The number of carboxylic acids is 1. The van der Waals surface area contributed by atoms with Crippen LogP contribution in [0.1, 0.15) is 40.5 Å². The fourth-order valence-electron chi connectivity index (χ4n) is 3.08. The topological polar surface area (TPSA) is 104 Å². The Labute approximate surface area is 164 Å². The average molecular weight is 396 g/mol. The third-order valence-corrected chi connectivity index (χ3v) is 5.44. The molecule has 0 aromatic carbocycles. The van der Waals surface area contributed by atoms with Crippen LogP contribution in [0, 0.1) is 5.41 Å². The van der Waals surface area contributed by atoms with Crippen molar-refractivity contribution >= 4 is 29.4 Å². The summed E-state index contributed by atoms with van der Waals surface area (Å²) in [7, 11) is 0. The van der Waals surface area contributed by atoms with Crippen molar-refractivity contribution in [1.82, 2.24) is 5.32 Å². The van der Waals surface area contributed by atoms with Gasteiger partial charge in [0.15, 0.2) is 5.78 Å². The molecule has 0 radical (unpaired) electrons. The van der Waals surface area contributed by atoms with Crippen LogP contribution in [0.25, 0.3) is 0 Å². The summed E-state index contributed by atoms with van der Waals surface area (Å²) in [6, 6.07) is -0.935. The van der Waals surface area contributed by atoms with Crippen molar-refractivity contribution in [2.24, 2.45) is 5.41 Å². The SMILES string of the molecule is CSCC[C@H](NC(=O)/C=C(C)\C=C\[C@@]1(O)C(C)=CC(=O)CC1(C)C)C(=O)O. The van der Waals surface area contributed by atoms with E-state index in [2.05, 4.69) is 5.32 Å². The van der Waals surface area contributed by atoms with Gasteiger partial charge in [0.1, 0.15) is 11.6 Å². The molecule has 0 saturated heterocycles. The summed E-state index contributed by atoms with van der Waals surface area (Å²) in [6.07, 6.45) is 8.40. The maximum absolute atomic E-state index is 12.1. The van der Waals surface area contributed by atoms with Crippen LogP contribution in [-0.2, 0) is 14.4 Å². The second-order valence-electron chi connectivity index (χ2n) is 7.52. The van der Waals surface area contributed by atoms with Crippen LogP contribution in [0.2, 0.25) is 0 Å². The molecular formula is C20H29NO5S. The smallest absolute Gasteiger partial charge is 0.326 e. The summed E-state index contributed by atoms with van der Waals surface area (Å²) in [5, 5.41) is 22.7. The molecular weight excluding hydrogens is 366 g/mol. The Balaban J connectivity index is 2.91. The molecule has 0 aromatic rings. The van der Waals surface area contributed by atoms with Crippen molar-refractivity contribution < 1.29 is 24.6 Å². The third kappa shape index (κ3) is 6.07. The number of amides is 1. The Morgan fingerprint density at radius 3 is 2.56 bits per heavy atom. The first-order valence-electron chi connectivity index (χ1n) is 8.76. The maximum Gasteiger partial charge on any atom is 0.326 e. The van der Waals surface area contributed by atoms with E-state index in [1.165, 1.54) is 23.9 Å². The minimum atomic E-state index is -1.30. The van der Waals surface area contributed by atoms with E-state index < -0.39 is 28.9 Å². The van der Waals surface area contributed by atoms with Gasteiger partial charge in [-0.15, -0.1) is 0 Å².